The lowest BCUT2D eigenvalue weighted by Gasteiger charge is -2.46. The molecule has 0 bridgehead atoms. The second-order valence-electron chi connectivity index (χ2n) is 11.1. The van der Waals surface area contributed by atoms with Crippen molar-refractivity contribution in [2.75, 3.05) is 13.1 Å². The number of likely N-dealkylation sites (tertiary alicyclic amines) is 1. The molecule has 2 aromatic carbocycles. The number of rotatable bonds is 6. The Bertz CT molecular complexity index is 1170. The summed E-state index contributed by atoms with van der Waals surface area (Å²) in [6.07, 6.45) is 0.864. The molecule has 2 heterocycles. The van der Waals surface area contributed by atoms with Crippen LogP contribution in [0.25, 0.3) is 0 Å². The van der Waals surface area contributed by atoms with Gasteiger partial charge in [-0.3, -0.25) is 9.69 Å². The maximum absolute atomic E-state index is 13.7. The van der Waals surface area contributed by atoms with Crippen molar-refractivity contribution in [1.29, 1.82) is 0 Å². The third-order valence-corrected chi connectivity index (χ3v) is 8.97. The Kier molecular flexibility index (Phi) is 6.99. The number of carbonyl (C=O) groups is 1. The van der Waals surface area contributed by atoms with Crippen molar-refractivity contribution in [2.24, 2.45) is 11.8 Å². The highest BCUT2D eigenvalue weighted by atomic mass is 35.5. The first-order chi connectivity index (χ1) is 17.5. The Hall–Kier alpha value is -2.25. The first-order valence-electron chi connectivity index (χ1n) is 13.1. The Labute approximate surface area is 220 Å². The van der Waals surface area contributed by atoms with E-state index < -0.39 is 29.7 Å². The third kappa shape index (κ3) is 5.35. The number of carboxylic acids is 1. The topological polar surface area (TPSA) is 49.8 Å². The summed E-state index contributed by atoms with van der Waals surface area (Å²) in [5.41, 5.74) is 1.38. The molecule has 2 fully saturated rings. The Morgan fingerprint density at radius 1 is 1.11 bits per heavy atom. The van der Waals surface area contributed by atoms with Crippen LogP contribution in [0.1, 0.15) is 80.2 Å². The molecule has 1 spiro atoms. The number of benzene rings is 2. The molecule has 2 unspecified atom stereocenters. The summed E-state index contributed by atoms with van der Waals surface area (Å²) in [4.78, 5) is 13.8. The van der Waals surface area contributed by atoms with Crippen LogP contribution < -0.4 is 4.74 Å². The molecule has 2 aromatic rings. The highest BCUT2D eigenvalue weighted by Gasteiger charge is 2.43. The van der Waals surface area contributed by atoms with Gasteiger partial charge in [0.25, 0.3) is 0 Å². The van der Waals surface area contributed by atoms with E-state index in [0.717, 1.165) is 61.5 Å². The molecule has 3 atom stereocenters. The zero-order valence-electron chi connectivity index (χ0n) is 21.2. The summed E-state index contributed by atoms with van der Waals surface area (Å²) in [6.45, 7) is 4.85. The van der Waals surface area contributed by atoms with Gasteiger partial charge in [-0.05, 0) is 98.2 Å². The molecular weight excluding hydrogens is 503 g/mol. The highest BCUT2D eigenvalue weighted by molar-refractivity contribution is 6.30. The average molecular weight is 536 g/mol. The predicted molar refractivity (Wildman–Crippen MR) is 136 cm³/mol. The predicted octanol–water partition coefficient (Wildman–Crippen LogP) is 7.49. The number of fused-ring (bicyclic) bond motifs is 1. The number of ether oxygens (including phenoxy) is 1. The molecule has 1 N–H and O–H groups in total. The van der Waals surface area contributed by atoms with Gasteiger partial charge < -0.3 is 9.84 Å². The minimum Gasteiger partial charge on any atom is -0.487 e. The minimum absolute atomic E-state index is 0.0208. The van der Waals surface area contributed by atoms with Gasteiger partial charge in [-0.25, -0.2) is 0 Å². The maximum Gasteiger partial charge on any atom is 0.416 e. The summed E-state index contributed by atoms with van der Waals surface area (Å²) in [5, 5.41) is 9.95. The van der Waals surface area contributed by atoms with E-state index in [1.54, 1.807) is 6.92 Å². The lowest BCUT2D eigenvalue weighted by Crippen LogP contribution is -2.50. The van der Waals surface area contributed by atoms with Gasteiger partial charge in [0, 0.05) is 24.2 Å². The van der Waals surface area contributed by atoms with Gasteiger partial charge in [0.15, 0.2) is 0 Å². The molecule has 0 radical (unpaired) electrons. The van der Waals surface area contributed by atoms with Crippen LogP contribution in [0.4, 0.5) is 13.2 Å². The standard InChI is InChI=1S/C29H33ClF3NO3/c1-17(27(35)36)26(20-4-5-20)21-6-3-19-9-10-28(37-25(19)15-21)11-13-34(14-12-28)18(2)23-16-22(30)7-8-24(23)29(31,32)33/h3,6-8,15-18,20,26H,4-5,9-14H2,1-2H3,(H,35,36)/t17-,18?,26?/m0/s1. The zero-order valence-corrected chi connectivity index (χ0v) is 21.9. The smallest absolute Gasteiger partial charge is 0.416 e. The van der Waals surface area contributed by atoms with E-state index >= 15 is 0 Å². The number of aryl methyl sites for hydroxylation is 1. The fraction of sp³-hybridized carbons (Fsp3) is 0.552. The summed E-state index contributed by atoms with van der Waals surface area (Å²) in [5.74, 6) is -0.0162. The molecular formula is C29H33ClF3NO3. The molecule has 1 saturated carbocycles. The van der Waals surface area contributed by atoms with Crippen molar-refractivity contribution in [3.05, 3.63) is 63.7 Å². The fourth-order valence-corrected chi connectivity index (χ4v) is 6.49. The Morgan fingerprint density at radius 3 is 2.43 bits per heavy atom. The van der Waals surface area contributed by atoms with Gasteiger partial charge >= 0.3 is 12.1 Å². The first-order valence-corrected chi connectivity index (χ1v) is 13.5. The van der Waals surface area contributed by atoms with Crippen LogP contribution in [-0.4, -0.2) is 34.7 Å². The molecule has 4 nitrogen and oxygen atoms in total. The van der Waals surface area contributed by atoms with E-state index in [1.165, 1.54) is 12.1 Å². The quantitative estimate of drug-likeness (QED) is 0.416. The molecule has 200 valence electrons. The maximum atomic E-state index is 13.7. The first kappa shape index (κ1) is 26.4. The lowest BCUT2D eigenvalue weighted by molar-refractivity contribution is -0.142. The van der Waals surface area contributed by atoms with E-state index in [9.17, 15) is 23.1 Å². The molecule has 1 aliphatic carbocycles. The summed E-state index contributed by atoms with van der Waals surface area (Å²) in [6, 6.07) is 9.56. The number of hydrogen-bond acceptors (Lipinski definition) is 3. The number of carboxylic acid groups (broad SMARTS) is 1. The molecule has 8 heteroatoms. The third-order valence-electron chi connectivity index (χ3n) is 8.74. The number of nitrogens with zero attached hydrogens (tertiary/aromatic N) is 1. The van der Waals surface area contributed by atoms with E-state index in [4.69, 9.17) is 16.3 Å². The van der Waals surface area contributed by atoms with Crippen LogP contribution in [0.15, 0.2) is 36.4 Å². The molecule has 3 aliphatic rings. The summed E-state index contributed by atoms with van der Waals surface area (Å²) < 4.78 is 47.6. The van der Waals surface area contributed by atoms with Gasteiger partial charge in [0.05, 0.1) is 11.5 Å². The second-order valence-corrected chi connectivity index (χ2v) is 11.5. The molecule has 0 aromatic heterocycles. The Morgan fingerprint density at radius 2 is 1.81 bits per heavy atom. The van der Waals surface area contributed by atoms with Crippen LogP contribution in [0.2, 0.25) is 5.02 Å². The molecule has 0 amide bonds. The molecule has 1 saturated heterocycles. The van der Waals surface area contributed by atoms with Gasteiger partial charge in [-0.2, -0.15) is 13.2 Å². The average Bonchev–Trinajstić information content (AvgIpc) is 3.68. The Balaban J connectivity index is 1.31. The van der Waals surface area contributed by atoms with Crippen molar-refractivity contribution in [3.8, 4) is 5.75 Å². The number of halogens is 4. The fourth-order valence-electron chi connectivity index (χ4n) is 6.31. The monoisotopic (exact) mass is 535 g/mol. The minimum atomic E-state index is -4.43. The molecule has 5 rings (SSSR count). The molecule has 37 heavy (non-hydrogen) atoms. The van der Waals surface area contributed by atoms with E-state index in [0.29, 0.717) is 24.0 Å². The van der Waals surface area contributed by atoms with E-state index in [-0.39, 0.29) is 17.1 Å². The van der Waals surface area contributed by atoms with Crippen molar-refractivity contribution in [1.82, 2.24) is 4.90 Å². The molecule has 2 aliphatic heterocycles. The van der Waals surface area contributed by atoms with Crippen molar-refractivity contribution < 1.29 is 27.8 Å². The van der Waals surface area contributed by atoms with Gasteiger partial charge in [0.1, 0.15) is 11.4 Å². The van der Waals surface area contributed by atoms with Crippen LogP contribution in [0, 0.1) is 11.8 Å². The highest BCUT2D eigenvalue weighted by Crippen LogP contribution is 2.49. The zero-order chi connectivity index (χ0) is 26.5. The number of alkyl halides is 3. The van der Waals surface area contributed by atoms with Crippen LogP contribution in [-0.2, 0) is 17.4 Å². The summed E-state index contributed by atoms with van der Waals surface area (Å²) >= 11 is 6.07. The van der Waals surface area contributed by atoms with Gasteiger partial charge in [-0.1, -0.05) is 30.7 Å². The second kappa shape index (κ2) is 9.81. The van der Waals surface area contributed by atoms with Crippen molar-refractivity contribution >= 4 is 17.6 Å². The van der Waals surface area contributed by atoms with Gasteiger partial charge in [-0.15, -0.1) is 0 Å². The number of aliphatic carboxylic acids is 1. The van der Waals surface area contributed by atoms with Crippen LogP contribution >= 0.6 is 11.6 Å². The van der Waals surface area contributed by atoms with Crippen molar-refractivity contribution in [3.63, 3.8) is 0 Å². The lowest BCUT2D eigenvalue weighted by atomic mass is 9.80. The SMILES string of the molecule is CC(c1cc(Cl)ccc1C(F)(F)F)N1CCC2(CCc3ccc(C(C4CC4)[C@H](C)C(=O)O)cc3O2)CC1. The largest absolute Gasteiger partial charge is 0.487 e. The normalized spacial score (nSPS) is 22.1. The van der Waals surface area contributed by atoms with Gasteiger partial charge in [0.2, 0.25) is 0 Å². The summed E-state index contributed by atoms with van der Waals surface area (Å²) in [7, 11) is 0. The number of piperidine rings is 1. The van der Waals surface area contributed by atoms with Crippen LogP contribution in [0.5, 0.6) is 5.75 Å². The van der Waals surface area contributed by atoms with Crippen molar-refractivity contribution in [2.45, 2.75) is 76.1 Å². The van der Waals surface area contributed by atoms with E-state index in [2.05, 4.69) is 23.1 Å². The van der Waals surface area contributed by atoms with Crippen LogP contribution in [0.3, 0.4) is 0 Å². The number of hydrogen-bond donors (Lipinski definition) is 1. The van der Waals surface area contributed by atoms with E-state index in [1.807, 2.05) is 6.92 Å².